The number of rotatable bonds is 5. The first-order valence-corrected chi connectivity index (χ1v) is 9.36. The quantitative estimate of drug-likeness (QED) is 0.836. The van der Waals surface area contributed by atoms with Gasteiger partial charge in [-0.1, -0.05) is 6.92 Å². The summed E-state index contributed by atoms with van der Waals surface area (Å²) in [5, 5.41) is 1.04. The molecule has 3 heterocycles. The first-order chi connectivity index (χ1) is 11.7. The number of thiazole rings is 1. The van der Waals surface area contributed by atoms with Crippen molar-refractivity contribution >= 4 is 17.2 Å². The maximum atomic E-state index is 12.8. The average molecular weight is 344 g/mol. The molecule has 0 unspecified atom stereocenters. The largest absolute Gasteiger partial charge is 0.335 e. The van der Waals surface area contributed by atoms with Gasteiger partial charge in [-0.25, -0.2) is 4.98 Å². The van der Waals surface area contributed by atoms with Gasteiger partial charge in [0.05, 0.1) is 10.7 Å². The van der Waals surface area contributed by atoms with Crippen LogP contribution in [0.15, 0.2) is 24.5 Å². The molecular formula is C18H24N4OS. The average Bonchev–Trinajstić information content (AvgIpc) is 3.01. The Kier molecular flexibility index (Phi) is 5.58. The van der Waals surface area contributed by atoms with Crippen molar-refractivity contribution in [1.29, 1.82) is 0 Å². The van der Waals surface area contributed by atoms with Crippen LogP contribution in [-0.2, 0) is 12.8 Å². The highest BCUT2D eigenvalue weighted by Gasteiger charge is 2.24. The van der Waals surface area contributed by atoms with E-state index in [2.05, 4.69) is 21.8 Å². The fraction of sp³-hybridized carbons (Fsp3) is 0.500. The van der Waals surface area contributed by atoms with E-state index >= 15 is 0 Å². The van der Waals surface area contributed by atoms with Gasteiger partial charge in [0.1, 0.15) is 4.88 Å². The van der Waals surface area contributed by atoms with Crippen LogP contribution in [0, 0.1) is 6.92 Å². The second kappa shape index (κ2) is 7.85. The van der Waals surface area contributed by atoms with Gasteiger partial charge >= 0.3 is 0 Å². The van der Waals surface area contributed by atoms with Crippen molar-refractivity contribution in [2.24, 2.45) is 0 Å². The minimum atomic E-state index is 0.149. The Morgan fingerprint density at radius 1 is 1.17 bits per heavy atom. The van der Waals surface area contributed by atoms with Crippen LogP contribution in [0.2, 0.25) is 0 Å². The topological polar surface area (TPSA) is 49.3 Å². The Morgan fingerprint density at radius 3 is 2.54 bits per heavy atom. The highest BCUT2D eigenvalue weighted by atomic mass is 32.1. The fourth-order valence-corrected chi connectivity index (χ4v) is 4.00. The SMILES string of the molecule is CCN1CCN(C(=O)c2sc(CCc3ccncc3)nc2C)CC1. The van der Waals surface area contributed by atoms with Crippen LogP contribution in [0.1, 0.15) is 32.9 Å². The van der Waals surface area contributed by atoms with Gasteiger partial charge in [0, 0.05) is 45.0 Å². The van der Waals surface area contributed by atoms with E-state index in [9.17, 15) is 4.79 Å². The number of carbonyl (C=O) groups is 1. The molecule has 0 aromatic carbocycles. The van der Waals surface area contributed by atoms with E-state index in [1.54, 1.807) is 11.3 Å². The number of nitrogens with zero attached hydrogens (tertiary/aromatic N) is 4. The molecule has 1 amide bonds. The molecule has 1 aliphatic heterocycles. The number of likely N-dealkylation sites (N-methyl/N-ethyl adjacent to an activating group) is 1. The molecule has 0 aliphatic carbocycles. The molecule has 3 rings (SSSR count). The maximum Gasteiger partial charge on any atom is 0.265 e. The zero-order valence-electron chi connectivity index (χ0n) is 14.4. The van der Waals surface area contributed by atoms with E-state index in [-0.39, 0.29) is 5.91 Å². The molecule has 6 heteroatoms. The van der Waals surface area contributed by atoms with Crippen molar-refractivity contribution < 1.29 is 4.79 Å². The molecule has 5 nitrogen and oxygen atoms in total. The first-order valence-electron chi connectivity index (χ1n) is 8.54. The monoisotopic (exact) mass is 344 g/mol. The van der Waals surface area contributed by atoms with E-state index in [0.29, 0.717) is 0 Å². The molecule has 0 saturated carbocycles. The first kappa shape index (κ1) is 17.0. The van der Waals surface area contributed by atoms with Crippen LogP contribution < -0.4 is 0 Å². The summed E-state index contributed by atoms with van der Waals surface area (Å²) in [7, 11) is 0. The number of aromatic nitrogens is 2. The van der Waals surface area contributed by atoms with Gasteiger partial charge in [-0.3, -0.25) is 9.78 Å². The summed E-state index contributed by atoms with van der Waals surface area (Å²) in [6, 6.07) is 4.06. The highest BCUT2D eigenvalue weighted by Crippen LogP contribution is 2.22. The van der Waals surface area contributed by atoms with Crippen LogP contribution in [0.4, 0.5) is 0 Å². The van der Waals surface area contributed by atoms with Crippen LogP contribution in [0.25, 0.3) is 0 Å². The normalized spacial score (nSPS) is 15.7. The summed E-state index contributed by atoms with van der Waals surface area (Å²) in [4.78, 5) is 26.6. The van der Waals surface area contributed by atoms with E-state index in [1.165, 1.54) is 5.56 Å². The van der Waals surface area contributed by atoms with Gasteiger partial charge in [-0.2, -0.15) is 0 Å². The van der Waals surface area contributed by atoms with Gasteiger partial charge in [-0.15, -0.1) is 11.3 Å². The minimum absolute atomic E-state index is 0.149. The molecule has 1 saturated heterocycles. The lowest BCUT2D eigenvalue weighted by Gasteiger charge is -2.33. The standard InChI is InChI=1S/C18H24N4OS/c1-3-21-10-12-22(13-11-21)18(23)17-14(2)20-16(24-17)5-4-15-6-8-19-9-7-15/h6-9H,3-5,10-13H2,1-2H3. The van der Waals surface area contributed by atoms with Crippen molar-refractivity contribution in [1.82, 2.24) is 19.8 Å². The summed E-state index contributed by atoms with van der Waals surface area (Å²) in [6.07, 6.45) is 5.42. The molecular weight excluding hydrogens is 320 g/mol. The molecule has 2 aromatic heterocycles. The summed E-state index contributed by atoms with van der Waals surface area (Å²) >= 11 is 1.56. The van der Waals surface area contributed by atoms with Crippen LogP contribution in [-0.4, -0.2) is 58.4 Å². The molecule has 0 spiro atoms. The highest BCUT2D eigenvalue weighted by molar-refractivity contribution is 7.13. The molecule has 0 atom stereocenters. The van der Waals surface area contributed by atoms with Gasteiger partial charge < -0.3 is 9.80 Å². The molecule has 1 aliphatic rings. The maximum absolute atomic E-state index is 12.8. The van der Waals surface area contributed by atoms with Crippen molar-refractivity contribution in [3.8, 4) is 0 Å². The van der Waals surface area contributed by atoms with Gasteiger partial charge in [0.15, 0.2) is 0 Å². The lowest BCUT2D eigenvalue weighted by atomic mass is 10.1. The minimum Gasteiger partial charge on any atom is -0.335 e. The third-order valence-electron chi connectivity index (χ3n) is 4.52. The summed E-state index contributed by atoms with van der Waals surface area (Å²) in [6.45, 7) is 8.74. The number of aryl methyl sites for hydroxylation is 3. The lowest BCUT2D eigenvalue weighted by Crippen LogP contribution is -2.48. The number of hydrogen-bond donors (Lipinski definition) is 0. The predicted octanol–water partition coefficient (Wildman–Crippen LogP) is 2.41. The van der Waals surface area contributed by atoms with Crippen molar-refractivity contribution in [3.63, 3.8) is 0 Å². The van der Waals surface area contributed by atoms with E-state index in [0.717, 1.165) is 61.1 Å². The van der Waals surface area contributed by atoms with Crippen LogP contribution in [0.3, 0.4) is 0 Å². The van der Waals surface area contributed by atoms with Crippen molar-refractivity contribution in [3.05, 3.63) is 45.7 Å². The summed E-state index contributed by atoms with van der Waals surface area (Å²) < 4.78 is 0. The Labute approximate surface area is 147 Å². The number of amides is 1. The number of piperazine rings is 1. The molecule has 0 N–H and O–H groups in total. The lowest BCUT2D eigenvalue weighted by molar-refractivity contribution is 0.0647. The van der Waals surface area contributed by atoms with Crippen molar-refractivity contribution in [2.75, 3.05) is 32.7 Å². The molecule has 0 radical (unpaired) electrons. The Balaban J connectivity index is 1.62. The smallest absolute Gasteiger partial charge is 0.265 e. The van der Waals surface area contributed by atoms with E-state index in [4.69, 9.17) is 0 Å². The zero-order valence-corrected chi connectivity index (χ0v) is 15.2. The van der Waals surface area contributed by atoms with E-state index < -0.39 is 0 Å². The predicted molar refractivity (Wildman–Crippen MR) is 96.5 cm³/mol. The Morgan fingerprint density at radius 2 is 1.88 bits per heavy atom. The summed E-state index contributed by atoms with van der Waals surface area (Å²) in [5.41, 5.74) is 2.12. The van der Waals surface area contributed by atoms with Gasteiger partial charge in [-0.05, 0) is 37.6 Å². The number of hydrogen-bond acceptors (Lipinski definition) is 5. The van der Waals surface area contributed by atoms with Crippen LogP contribution >= 0.6 is 11.3 Å². The Bertz CT molecular complexity index is 678. The third kappa shape index (κ3) is 3.99. The van der Waals surface area contributed by atoms with Crippen molar-refractivity contribution in [2.45, 2.75) is 26.7 Å². The second-order valence-electron chi connectivity index (χ2n) is 6.10. The second-order valence-corrected chi connectivity index (χ2v) is 7.19. The molecule has 0 bridgehead atoms. The molecule has 24 heavy (non-hydrogen) atoms. The summed E-state index contributed by atoms with van der Waals surface area (Å²) in [5.74, 6) is 0.149. The number of pyridine rings is 1. The molecule has 1 fully saturated rings. The van der Waals surface area contributed by atoms with Gasteiger partial charge in [0.25, 0.3) is 5.91 Å². The van der Waals surface area contributed by atoms with E-state index in [1.807, 2.05) is 36.4 Å². The van der Waals surface area contributed by atoms with Gasteiger partial charge in [0.2, 0.25) is 0 Å². The third-order valence-corrected chi connectivity index (χ3v) is 5.72. The molecule has 128 valence electrons. The fourth-order valence-electron chi connectivity index (χ4n) is 2.97. The number of carbonyl (C=O) groups excluding carboxylic acids is 1. The van der Waals surface area contributed by atoms with Crippen LogP contribution in [0.5, 0.6) is 0 Å². The Hall–Kier alpha value is -1.79. The zero-order chi connectivity index (χ0) is 16.9. The molecule has 2 aromatic rings.